The lowest BCUT2D eigenvalue weighted by Gasteiger charge is -2.37. The van der Waals surface area contributed by atoms with Gasteiger partial charge in [0.15, 0.2) is 0 Å². The highest BCUT2D eigenvalue weighted by atomic mass is 32.2. The SMILES string of the molecule is CNCCC(=O)N1CCC(N(CC(F)(F)F)S(C)(=O)=O)CC1. The van der Waals surface area contributed by atoms with Crippen LogP contribution in [0.25, 0.3) is 0 Å². The number of amides is 1. The van der Waals surface area contributed by atoms with Crippen LogP contribution in [0.4, 0.5) is 13.2 Å². The van der Waals surface area contributed by atoms with Gasteiger partial charge < -0.3 is 10.2 Å². The molecule has 1 saturated heterocycles. The molecule has 0 aromatic rings. The smallest absolute Gasteiger partial charge is 0.343 e. The zero-order valence-corrected chi connectivity index (χ0v) is 13.5. The number of piperidine rings is 1. The Hall–Kier alpha value is -0.870. The van der Waals surface area contributed by atoms with Gasteiger partial charge in [0.2, 0.25) is 15.9 Å². The quantitative estimate of drug-likeness (QED) is 0.757. The normalized spacial score (nSPS) is 18.0. The number of rotatable bonds is 6. The molecule has 1 fully saturated rings. The monoisotopic (exact) mass is 345 g/mol. The predicted octanol–water partition coefficient (Wildman–Crippen LogP) is 0.411. The standard InChI is InChI=1S/C12H22F3N3O3S/c1-16-6-3-11(19)17-7-4-10(5-8-17)18(22(2,20)21)9-12(13,14)15/h10,16H,3-9H2,1-2H3. The number of likely N-dealkylation sites (tertiary alicyclic amines) is 1. The molecule has 22 heavy (non-hydrogen) atoms. The molecule has 1 aliphatic heterocycles. The van der Waals surface area contributed by atoms with Gasteiger partial charge in [0.05, 0.1) is 6.26 Å². The van der Waals surface area contributed by atoms with Crippen molar-refractivity contribution in [3.63, 3.8) is 0 Å². The molecule has 1 rings (SSSR count). The van der Waals surface area contributed by atoms with Crippen LogP contribution in [0.3, 0.4) is 0 Å². The molecule has 1 aliphatic rings. The first kappa shape index (κ1) is 19.2. The van der Waals surface area contributed by atoms with Crippen LogP contribution < -0.4 is 5.32 Å². The summed E-state index contributed by atoms with van der Waals surface area (Å²) in [5, 5.41) is 2.85. The summed E-state index contributed by atoms with van der Waals surface area (Å²) >= 11 is 0. The van der Waals surface area contributed by atoms with Crippen molar-refractivity contribution in [2.24, 2.45) is 0 Å². The van der Waals surface area contributed by atoms with Crippen molar-refractivity contribution in [1.82, 2.24) is 14.5 Å². The van der Waals surface area contributed by atoms with Crippen LogP contribution >= 0.6 is 0 Å². The van der Waals surface area contributed by atoms with Crippen molar-refractivity contribution < 1.29 is 26.4 Å². The molecular weight excluding hydrogens is 323 g/mol. The molecule has 0 spiro atoms. The van der Waals surface area contributed by atoms with Crippen LogP contribution in [0, 0.1) is 0 Å². The predicted molar refractivity (Wildman–Crippen MR) is 75.8 cm³/mol. The van der Waals surface area contributed by atoms with Gasteiger partial charge in [0, 0.05) is 32.1 Å². The summed E-state index contributed by atoms with van der Waals surface area (Å²) in [5.41, 5.74) is 0. The second-order valence-electron chi connectivity index (χ2n) is 5.39. The Labute approximate surface area is 128 Å². The average molecular weight is 345 g/mol. The van der Waals surface area contributed by atoms with Crippen LogP contribution in [0.2, 0.25) is 0 Å². The first-order chi connectivity index (χ1) is 10.0. The number of nitrogens with one attached hydrogen (secondary N) is 1. The van der Waals surface area contributed by atoms with Crippen molar-refractivity contribution in [3.8, 4) is 0 Å². The van der Waals surface area contributed by atoms with Gasteiger partial charge in [-0.25, -0.2) is 8.42 Å². The topological polar surface area (TPSA) is 69.7 Å². The molecule has 0 aromatic carbocycles. The molecular formula is C12H22F3N3O3S. The lowest BCUT2D eigenvalue weighted by atomic mass is 10.0. The van der Waals surface area contributed by atoms with Crippen LogP contribution in [0.15, 0.2) is 0 Å². The number of halogens is 3. The second kappa shape index (κ2) is 7.60. The van der Waals surface area contributed by atoms with E-state index in [1.807, 2.05) is 0 Å². The maximum atomic E-state index is 12.6. The third-order valence-corrected chi connectivity index (χ3v) is 4.85. The van der Waals surface area contributed by atoms with Crippen molar-refractivity contribution in [3.05, 3.63) is 0 Å². The third kappa shape index (κ3) is 6.09. The molecule has 130 valence electrons. The van der Waals surface area contributed by atoms with E-state index in [0.717, 1.165) is 6.26 Å². The molecule has 1 heterocycles. The summed E-state index contributed by atoms with van der Waals surface area (Å²) in [6.07, 6.45) is -3.05. The molecule has 10 heteroatoms. The van der Waals surface area contributed by atoms with Crippen LogP contribution in [0.1, 0.15) is 19.3 Å². The third-order valence-electron chi connectivity index (χ3n) is 3.57. The van der Waals surface area contributed by atoms with E-state index in [1.54, 1.807) is 11.9 Å². The largest absolute Gasteiger partial charge is 0.402 e. The summed E-state index contributed by atoms with van der Waals surface area (Å²) < 4.78 is 61.4. The Morgan fingerprint density at radius 1 is 1.32 bits per heavy atom. The molecule has 0 bridgehead atoms. The van der Waals surface area contributed by atoms with Crippen LogP contribution in [0.5, 0.6) is 0 Å². The van der Waals surface area contributed by atoms with Gasteiger partial charge in [-0.3, -0.25) is 4.79 Å². The minimum absolute atomic E-state index is 0.0745. The van der Waals surface area contributed by atoms with E-state index in [4.69, 9.17) is 0 Å². The first-order valence-corrected chi connectivity index (χ1v) is 8.85. The molecule has 0 saturated carbocycles. The Morgan fingerprint density at radius 2 is 1.86 bits per heavy atom. The number of sulfonamides is 1. The number of hydrogen-bond acceptors (Lipinski definition) is 4. The summed E-state index contributed by atoms with van der Waals surface area (Å²) in [6.45, 7) is -0.402. The Morgan fingerprint density at radius 3 is 2.27 bits per heavy atom. The molecule has 0 aromatic heterocycles. The summed E-state index contributed by atoms with van der Waals surface area (Å²) in [4.78, 5) is 13.4. The Balaban J connectivity index is 2.65. The molecule has 0 radical (unpaired) electrons. The van der Waals surface area contributed by atoms with Crippen molar-refractivity contribution in [2.45, 2.75) is 31.5 Å². The van der Waals surface area contributed by atoms with Gasteiger partial charge in [0.1, 0.15) is 6.54 Å². The van der Waals surface area contributed by atoms with Crippen molar-refractivity contribution in [1.29, 1.82) is 0 Å². The average Bonchev–Trinajstić information content (AvgIpc) is 2.40. The fourth-order valence-corrected chi connectivity index (χ4v) is 3.62. The Kier molecular flexibility index (Phi) is 6.63. The van der Waals surface area contributed by atoms with Gasteiger partial charge in [-0.05, 0) is 19.9 Å². The molecule has 1 N–H and O–H groups in total. The van der Waals surface area contributed by atoms with Crippen molar-refractivity contribution >= 4 is 15.9 Å². The maximum absolute atomic E-state index is 12.6. The van der Waals surface area contributed by atoms with E-state index in [2.05, 4.69) is 5.32 Å². The van der Waals surface area contributed by atoms with E-state index in [-0.39, 0.29) is 31.8 Å². The van der Waals surface area contributed by atoms with Gasteiger partial charge in [-0.2, -0.15) is 17.5 Å². The van der Waals surface area contributed by atoms with Gasteiger partial charge in [0.25, 0.3) is 0 Å². The number of nitrogens with zero attached hydrogens (tertiary/aromatic N) is 2. The lowest BCUT2D eigenvalue weighted by Crippen LogP contribution is -2.51. The molecule has 0 atom stereocenters. The minimum atomic E-state index is -4.58. The Bertz CT molecular complexity index is 474. The molecule has 0 aliphatic carbocycles. The fourth-order valence-electron chi connectivity index (χ4n) is 2.49. The zero-order valence-electron chi connectivity index (χ0n) is 12.7. The van der Waals surface area contributed by atoms with Crippen molar-refractivity contribution in [2.75, 3.05) is 39.5 Å². The summed E-state index contributed by atoms with van der Waals surface area (Å²) in [5.74, 6) is -0.0745. The van der Waals surface area contributed by atoms with E-state index < -0.39 is 28.8 Å². The zero-order chi connectivity index (χ0) is 17.0. The molecule has 1 amide bonds. The first-order valence-electron chi connectivity index (χ1n) is 7.00. The van der Waals surface area contributed by atoms with Gasteiger partial charge in [-0.15, -0.1) is 0 Å². The van der Waals surface area contributed by atoms with Crippen LogP contribution in [-0.4, -0.2) is 75.2 Å². The summed E-state index contributed by atoms with van der Waals surface area (Å²) in [6, 6.07) is -0.718. The number of carbonyl (C=O) groups is 1. The van der Waals surface area contributed by atoms with E-state index in [9.17, 15) is 26.4 Å². The number of carbonyl (C=O) groups excluding carboxylic acids is 1. The van der Waals surface area contributed by atoms with E-state index in [1.165, 1.54) is 0 Å². The second-order valence-corrected chi connectivity index (χ2v) is 7.32. The van der Waals surface area contributed by atoms with E-state index in [0.29, 0.717) is 17.3 Å². The van der Waals surface area contributed by atoms with Gasteiger partial charge >= 0.3 is 6.18 Å². The van der Waals surface area contributed by atoms with Crippen LogP contribution in [-0.2, 0) is 14.8 Å². The number of hydrogen-bond donors (Lipinski definition) is 1. The number of alkyl halides is 3. The molecule has 6 nitrogen and oxygen atoms in total. The highest BCUT2D eigenvalue weighted by molar-refractivity contribution is 7.88. The fraction of sp³-hybridized carbons (Fsp3) is 0.917. The molecule has 0 unspecified atom stereocenters. The summed E-state index contributed by atoms with van der Waals surface area (Å²) in [7, 11) is -2.23. The minimum Gasteiger partial charge on any atom is -0.343 e. The maximum Gasteiger partial charge on any atom is 0.402 e. The highest BCUT2D eigenvalue weighted by Gasteiger charge is 2.39. The highest BCUT2D eigenvalue weighted by Crippen LogP contribution is 2.25. The van der Waals surface area contributed by atoms with E-state index >= 15 is 0 Å². The lowest BCUT2D eigenvalue weighted by molar-refractivity contribution is -0.143. The van der Waals surface area contributed by atoms with Gasteiger partial charge in [-0.1, -0.05) is 0 Å².